The number of hydrogen-bond acceptors (Lipinski definition) is 4. The van der Waals surface area contributed by atoms with Crippen LogP contribution < -0.4 is 0 Å². The zero-order chi connectivity index (χ0) is 11.7. The second kappa shape index (κ2) is 4.68. The molecular formula is C7H14BrNO4S2. The summed E-state index contributed by atoms with van der Waals surface area (Å²) in [4.78, 5) is 0. The van der Waals surface area contributed by atoms with Crippen LogP contribution in [0.2, 0.25) is 0 Å². The van der Waals surface area contributed by atoms with Gasteiger partial charge in [-0.2, -0.15) is 4.31 Å². The number of sulfonamides is 1. The van der Waals surface area contributed by atoms with Crippen molar-refractivity contribution in [3.05, 3.63) is 0 Å². The van der Waals surface area contributed by atoms with Crippen molar-refractivity contribution in [2.45, 2.75) is 19.4 Å². The van der Waals surface area contributed by atoms with Gasteiger partial charge in [-0.3, -0.25) is 0 Å². The number of rotatable bonds is 4. The predicted octanol–water partition coefficient (Wildman–Crippen LogP) is 0.178. The maximum atomic E-state index is 11.6. The van der Waals surface area contributed by atoms with Crippen LogP contribution in [0.5, 0.6) is 0 Å². The molecule has 0 aromatic heterocycles. The highest BCUT2D eigenvalue weighted by Crippen LogP contribution is 2.21. The lowest BCUT2D eigenvalue weighted by molar-refractivity contribution is 0.357. The van der Waals surface area contributed by atoms with Gasteiger partial charge in [0.1, 0.15) is 4.66 Å². The van der Waals surface area contributed by atoms with Crippen molar-refractivity contribution >= 4 is 35.8 Å². The fourth-order valence-corrected chi connectivity index (χ4v) is 5.51. The Morgan fingerprint density at radius 1 is 1.47 bits per heavy atom. The minimum Gasteiger partial charge on any atom is -0.229 e. The molecule has 1 aliphatic heterocycles. The topological polar surface area (TPSA) is 71.5 Å². The van der Waals surface area contributed by atoms with E-state index in [0.29, 0.717) is 13.0 Å². The molecule has 1 unspecified atom stereocenters. The normalized spacial score (nSPS) is 25.9. The van der Waals surface area contributed by atoms with Gasteiger partial charge < -0.3 is 0 Å². The van der Waals surface area contributed by atoms with E-state index >= 15 is 0 Å². The fourth-order valence-electron chi connectivity index (χ4n) is 1.75. The Labute approximate surface area is 98.9 Å². The van der Waals surface area contributed by atoms with Crippen LogP contribution >= 0.6 is 15.9 Å². The SMILES string of the molecule is CCN(C1CCS(=O)(=O)C1)S(=O)(=O)CBr. The number of alkyl halides is 1. The second-order valence-electron chi connectivity index (χ2n) is 3.48. The van der Waals surface area contributed by atoms with Gasteiger partial charge >= 0.3 is 0 Å². The lowest BCUT2D eigenvalue weighted by atomic mass is 10.3. The molecule has 1 rings (SSSR count). The van der Waals surface area contributed by atoms with Crippen molar-refractivity contribution in [2.75, 3.05) is 22.7 Å². The summed E-state index contributed by atoms with van der Waals surface area (Å²) >= 11 is 2.91. The Morgan fingerprint density at radius 2 is 2.07 bits per heavy atom. The van der Waals surface area contributed by atoms with Gasteiger partial charge in [-0.25, -0.2) is 16.8 Å². The van der Waals surface area contributed by atoms with Crippen molar-refractivity contribution in [1.82, 2.24) is 4.31 Å². The molecule has 0 radical (unpaired) electrons. The molecule has 15 heavy (non-hydrogen) atoms. The van der Waals surface area contributed by atoms with Crippen LogP contribution in [-0.4, -0.2) is 49.9 Å². The van der Waals surface area contributed by atoms with E-state index in [9.17, 15) is 16.8 Å². The highest BCUT2D eigenvalue weighted by Gasteiger charge is 2.36. The quantitative estimate of drug-likeness (QED) is 0.693. The average molecular weight is 320 g/mol. The molecule has 0 saturated carbocycles. The molecule has 8 heteroatoms. The van der Waals surface area contributed by atoms with Crippen LogP contribution in [0.15, 0.2) is 0 Å². The standard InChI is InChI=1S/C7H14BrNO4S2/c1-2-9(15(12,13)6-8)7-3-4-14(10,11)5-7/h7H,2-6H2,1H3. The Bertz CT molecular complexity index is 416. The van der Waals surface area contributed by atoms with Gasteiger partial charge in [0.05, 0.1) is 11.5 Å². The third kappa shape index (κ3) is 3.15. The number of sulfone groups is 1. The van der Waals surface area contributed by atoms with Crippen LogP contribution in [0.1, 0.15) is 13.3 Å². The number of nitrogens with zero attached hydrogens (tertiary/aromatic N) is 1. The van der Waals surface area contributed by atoms with Crippen LogP contribution in [0, 0.1) is 0 Å². The minimum atomic E-state index is -3.36. The lowest BCUT2D eigenvalue weighted by Crippen LogP contribution is -2.41. The summed E-state index contributed by atoms with van der Waals surface area (Å²) in [5.74, 6) is 0.0407. The van der Waals surface area contributed by atoms with Gasteiger partial charge in [0, 0.05) is 12.6 Å². The van der Waals surface area contributed by atoms with E-state index in [4.69, 9.17) is 0 Å². The monoisotopic (exact) mass is 319 g/mol. The molecule has 1 fully saturated rings. The molecule has 1 saturated heterocycles. The average Bonchev–Trinajstić information content (AvgIpc) is 2.47. The van der Waals surface area contributed by atoms with Crippen LogP contribution in [0.25, 0.3) is 0 Å². The van der Waals surface area contributed by atoms with E-state index < -0.39 is 19.9 Å². The first kappa shape index (κ1) is 13.4. The molecule has 0 aromatic carbocycles. The van der Waals surface area contributed by atoms with E-state index in [1.165, 1.54) is 4.31 Å². The molecule has 0 bridgehead atoms. The van der Waals surface area contributed by atoms with Crippen molar-refractivity contribution in [3.63, 3.8) is 0 Å². The molecule has 0 aromatic rings. The third-order valence-electron chi connectivity index (χ3n) is 2.42. The highest BCUT2D eigenvalue weighted by molar-refractivity contribution is 9.10. The summed E-state index contributed by atoms with van der Waals surface area (Å²) in [6.07, 6.45) is 0.405. The van der Waals surface area contributed by atoms with Gasteiger partial charge in [0.25, 0.3) is 0 Å². The Morgan fingerprint density at radius 3 is 2.40 bits per heavy atom. The molecule has 5 nitrogen and oxygen atoms in total. The van der Waals surface area contributed by atoms with Crippen LogP contribution in [-0.2, 0) is 19.9 Å². The van der Waals surface area contributed by atoms with Crippen LogP contribution in [0.3, 0.4) is 0 Å². The summed E-state index contributed by atoms with van der Waals surface area (Å²) < 4.78 is 46.8. The zero-order valence-corrected chi connectivity index (χ0v) is 11.6. The molecule has 1 heterocycles. The summed E-state index contributed by atoms with van der Waals surface area (Å²) in [6, 6.07) is -0.387. The second-order valence-corrected chi connectivity index (χ2v) is 8.93. The van der Waals surface area contributed by atoms with E-state index in [2.05, 4.69) is 15.9 Å². The highest BCUT2D eigenvalue weighted by atomic mass is 79.9. The van der Waals surface area contributed by atoms with Gasteiger partial charge in [0.2, 0.25) is 10.0 Å². The van der Waals surface area contributed by atoms with Gasteiger partial charge in [-0.1, -0.05) is 22.9 Å². The molecule has 90 valence electrons. The molecular weight excluding hydrogens is 306 g/mol. The molecule has 0 N–H and O–H groups in total. The predicted molar refractivity (Wildman–Crippen MR) is 62.2 cm³/mol. The van der Waals surface area contributed by atoms with Crippen molar-refractivity contribution < 1.29 is 16.8 Å². The maximum absolute atomic E-state index is 11.6. The first-order valence-corrected chi connectivity index (χ1v) is 9.13. The first-order valence-electron chi connectivity index (χ1n) is 4.58. The zero-order valence-electron chi connectivity index (χ0n) is 8.39. The van der Waals surface area contributed by atoms with E-state index in [1.807, 2.05) is 0 Å². The largest absolute Gasteiger partial charge is 0.229 e. The van der Waals surface area contributed by atoms with Gasteiger partial charge in [-0.05, 0) is 6.42 Å². The Hall–Kier alpha value is 0.340. The molecule has 1 aliphatic rings. The summed E-state index contributed by atoms with van der Waals surface area (Å²) in [6.45, 7) is 2.03. The Balaban J connectivity index is 2.87. The smallest absolute Gasteiger partial charge is 0.224 e. The third-order valence-corrected chi connectivity index (χ3v) is 7.46. The fraction of sp³-hybridized carbons (Fsp3) is 1.00. The number of halogens is 1. The Kier molecular flexibility index (Phi) is 4.19. The molecule has 0 aliphatic carbocycles. The van der Waals surface area contributed by atoms with Gasteiger partial charge in [-0.15, -0.1) is 0 Å². The minimum absolute atomic E-state index is 0.0485. The van der Waals surface area contributed by atoms with Gasteiger partial charge in [0.15, 0.2) is 9.84 Å². The van der Waals surface area contributed by atoms with Crippen molar-refractivity contribution in [3.8, 4) is 0 Å². The van der Waals surface area contributed by atoms with E-state index in [1.54, 1.807) is 6.92 Å². The molecule has 0 spiro atoms. The lowest BCUT2D eigenvalue weighted by Gasteiger charge is -2.24. The van der Waals surface area contributed by atoms with Crippen molar-refractivity contribution in [2.24, 2.45) is 0 Å². The van der Waals surface area contributed by atoms with Crippen LogP contribution in [0.4, 0.5) is 0 Å². The summed E-state index contributed by atoms with van der Waals surface area (Å²) in [5.41, 5.74) is 0. The van der Waals surface area contributed by atoms with E-state index in [-0.39, 0.29) is 22.2 Å². The van der Waals surface area contributed by atoms with E-state index in [0.717, 1.165) is 0 Å². The maximum Gasteiger partial charge on any atom is 0.224 e. The van der Waals surface area contributed by atoms with Crippen molar-refractivity contribution in [1.29, 1.82) is 0 Å². The first-order chi connectivity index (χ1) is 6.82. The summed E-state index contributed by atoms with van der Waals surface area (Å²) in [7, 11) is -6.40. The molecule has 0 amide bonds. The number of hydrogen-bond donors (Lipinski definition) is 0. The summed E-state index contributed by atoms with van der Waals surface area (Å²) in [5, 5.41) is 0. The molecule has 1 atom stereocenters.